The molecule has 0 unspecified atom stereocenters. The number of piperidine rings is 1. The van der Waals surface area contributed by atoms with Gasteiger partial charge in [-0.1, -0.05) is 11.6 Å². The lowest BCUT2D eigenvalue weighted by Gasteiger charge is -2.36. The van der Waals surface area contributed by atoms with Gasteiger partial charge in [-0.15, -0.1) is 0 Å². The summed E-state index contributed by atoms with van der Waals surface area (Å²) >= 11 is 6.24. The molecule has 1 aromatic carbocycles. The van der Waals surface area contributed by atoms with Crippen LogP contribution in [-0.2, 0) is 6.42 Å². The second-order valence-corrected chi connectivity index (χ2v) is 8.61. The molecule has 4 rings (SSSR count). The summed E-state index contributed by atoms with van der Waals surface area (Å²) in [5.74, 6) is 0.651. The van der Waals surface area contributed by atoms with Gasteiger partial charge in [-0.2, -0.15) is 0 Å². The summed E-state index contributed by atoms with van der Waals surface area (Å²) in [6, 6.07) is 5.11. The molecule has 0 aliphatic carbocycles. The quantitative estimate of drug-likeness (QED) is 0.890. The highest BCUT2D eigenvalue weighted by atomic mass is 35.5. The lowest BCUT2D eigenvalue weighted by atomic mass is 9.97. The highest BCUT2D eigenvalue weighted by Crippen LogP contribution is 2.40. The molecule has 3 heterocycles. The van der Waals surface area contributed by atoms with E-state index in [-0.39, 0.29) is 17.6 Å². The Bertz CT molecular complexity index is 674. The predicted octanol–water partition coefficient (Wildman–Crippen LogP) is 3.41. The molecule has 2 bridgehead atoms. The number of benzene rings is 1. The van der Waals surface area contributed by atoms with Crippen molar-refractivity contribution in [2.45, 2.75) is 69.7 Å². The maximum atomic E-state index is 12.9. The fraction of sp³-hybridized carbons (Fsp3) is 0.632. The van der Waals surface area contributed by atoms with Gasteiger partial charge in [0.1, 0.15) is 11.4 Å². The molecule has 24 heavy (non-hydrogen) atoms. The van der Waals surface area contributed by atoms with Crippen molar-refractivity contribution in [1.82, 2.24) is 10.2 Å². The molecule has 3 atom stereocenters. The zero-order valence-corrected chi connectivity index (χ0v) is 15.3. The van der Waals surface area contributed by atoms with Gasteiger partial charge in [-0.05, 0) is 58.7 Å². The minimum atomic E-state index is -0.283. The van der Waals surface area contributed by atoms with Crippen molar-refractivity contribution in [1.29, 1.82) is 0 Å². The number of halogens is 1. The predicted molar refractivity (Wildman–Crippen MR) is 94.9 cm³/mol. The van der Waals surface area contributed by atoms with Gasteiger partial charge in [0.15, 0.2) is 0 Å². The van der Waals surface area contributed by atoms with Crippen LogP contribution in [0.1, 0.15) is 55.5 Å². The molecular formula is C19H25ClN2O2. The van der Waals surface area contributed by atoms with Crippen LogP contribution in [-0.4, -0.2) is 41.6 Å². The number of nitrogens with zero attached hydrogens (tertiary/aromatic N) is 1. The molecule has 130 valence electrons. The third-order valence-electron chi connectivity index (χ3n) is 5.80. The van der Waals surface area contributed by atoms with E-state index in [1.807, 2.05) is 19.9 Å². The van der Waals surface area contributed by atoms with E-state index in [0.717, 1.165) is 24.8 Å². The lowest BCUT2D eigenvalue weighted by Crippen LogP contribution is -2.48. The number of rotatable bonds is 2. The van der Waals surface area contributed by atoms with Crippen LogP contribution < -0.4 is 10.1 Å². The maximum absolute atomic E-state index is 12.9. The second kappa shape index (κ2) is 5.63. The van der Waals surface area contributed by atoms with Gasteiger partial charge in [0, 0.05) is 35.1 Å². The first-order chi connectivity index (χ1) is 11.3. The number of ether oxygens (including phenoxy) is 1. The number of fused-ring (bicyclic) bond motifs is 3. The zero-order chi connectivity index (χ0) is 17.1. The van der Waals surface area contributed by atoms with Crippen LogP contribution in [0, 0.1) is 0 Å². The van der Waals surface area contributed by atoms with Crippen LogP contribution in [0.5, 0.6) is 5.75 Å². The first kappa shape index (κ1) is 16.2. The van der Waals surface area contributed by atoms with E-state index in [2.05, 4.69) is 17.3 Å². The van der Waals surface area contributed by atoms with Crippen LogP contribution in [0.25, 0.3) is 0 Å². The average molecular weight is 349 g/mol. The minimum absolute atomic E-state index is 0.0552. The summed E-state index contributed by atoms with van der Waals surface area (Å²) in [6.45, 7) is 4.08. The van der Waals surface area contributed by atoms with Crippen molar-refractivity contribution in [3.8, 4) is 5.75 Å². The van der Waals surface area contributed by atoms with E-state index >= 15 is 0 Å². The fourth-order valence-corrected chi connectivity index (χ4v) is 4.87. The van der Waals surface area contributed by atoms with Crippen molar-refractivity contribution < 1.29 is 9.53 Å². The number of hydrogen-bond donors (Lipinski definition) is 1. The summed E-state index contributed by atoms with van der Waals surface area (Å²) in [6.07, 6.45) is 5.35. The maximum Gasteiger partial charge on any atom is 0.255 e. The van der Waals surface area contributed by atoms with Gasteiger partial charge in [-0.25, -0.2) is 0 Å². The highest BCUT2D eigenvalue weighted by molar-refractivity contribution is 6.31. The van der Waals surface area contributed by atoms with Gasteiger partial charge < -0.3 is 15.0 Å². The Morgan fingerprint density at radius 1 is 1.29 bits per heavy atom. The summed E-state index contributed by atoms with van der Waals surface area (Å²) in [5.41, 5.74) is 1.32. The molecule has 1 N–H and O–H groups in total. The van der Waals surface area contributed by atoms with E-state index in [9.17, 15) is 4.79 Å². The molecule has 2 fully saturated rings. The summed E-state index contributed by atoms with van der Waals surface area (Å²) in [5, 5.41) is 3.84. The van der Waals surface area contributed by atoms with Crippen molar-refractivity contribution in [3.63, 3.8) is 0 Å². The monoisotopic (exact) mass is 348 g/mol. The zero-order valence-electron chi connectivity index (χ0n) is 14.6. The molecule has 5 heteroatoms. The third-order valence-corrected chi connectivity index (χ3v) is 6.02. The normalized spacial score (nSPS) is 30.8. The largest absolute Gasteiger partial charge is 0.486 e. The molecule has 0 aromatic heterocycles. The summed E-state index contributed by atoms with van der Waals surface area (Å²) < 4.78 is 6.03. The molecule has 2 saturated heterocycles. The van der Waals surface area contributed by atoms with E-state index < -0.39 is 0 Å². The highest BCUT2D eigenvalue weighted by Gasteiger charge is 2.39. The first-order valence-electron chi connectivity index (χ1n) is 8.86. The topological polar surface area (TPSA) is 41.6 Å². The van der Waals surface area contributed by atoms with Gasteiger partial charge in [0.05, 0.1) is 5.56 Å². The minimum Gasteiger partial charge on any atom is -0.486 e. The number of carbonyl (C=O) groups is 1. The Labute approximate surface area is 148 Å². The van der Waals surface area contributed by atoms with Gasteiger partial charge in [0.25, 0.3) is 5.91 Å². The second-order valence-electron chi connectivity index (χ2n) is 8.17. The average Bonchev–Trinajstić information content (AvgIpc) is 2.88. The molecule has 0 radical (unpaired) electrons. The molecule has 0 spiro atoms. The van der Waals surface area contributed by atoms with Crippen molar-refractivity contribution in [3.05, 3.63) is 28.3 Å². The number of hydrogen-bond acceptors (Lipinski definition) is 3. The third kappa shape index (κ3) is 2.80. The summed E-state index contributed by atoms with van der Waals surface area (Å²) in [7, 11) is 2.21. The Balaban J connectivity index is 1.54. The standard InChI is InChI=1S/C19H25ClN2O2/c1-19(2)10-11-6-12(20)7-16(17(11)24-19)18(23)21-13-8-14-4-5-15(9-13)22(14)3/h6-7,13-15H,4-5,8-10H2,1-3H3,(H,21,23)/t13-,14+,15-. The lowest BCUT2D eigenvalue weighted by molar-refractivity contribution is 0.0870. The SMILES string of the molecule is CN1[C@@H]2CC[C@H]1C[C@@H](NC(=O)c1cc(Cl)cc3c1OC(C)(C)C3)C2. The van der Waals surface area contributed by atoms with E-state index in [1.165, 1.54) is 12.8 Å². The smallest absolute Gasteiger partial charge is 0.255 e. The molecule has 3 aliphatic heterocycles. The Kier molecular flexibility index (Phi) is 3.81. The number of carbonyl (C=O) groups excluding carboxylic acids is 1. The summed E-state index contributed by atoms with van der Waals surface area (Å²) in [4.78, 5) is 15.4. The number of nitrogens with one attached hydrogen (secondary N) is 1. The molecule has 0 saturated carbocycles. The van der Waals surface area contributed by atoms with Gasteiger partial charge in [-0.3, -0.25) is 4.79 Å². The molecule has 1 aromatic rings. The fourth-order valence-electron chi connectivity index (χ4n) is 4.63. The Morgan fingerprint density at radius 3 is 2.62 bits per heavy atom. The van der Waals surface area contributed by atoms with E-state index in [4.69, 9.17) is 16.3 Å². The van der Waals surface area contributed by atoms with Crippen LogP contribution in [0.15, 0.2) is 12.1 Å². The van der Waals surface area contributed by atoms with E-state index in [0.29, 0.717) is 28.4 Å². The number of amides is 1. The van der Waals surface area contributed by atoms with Gasteiger partial charge >= 0.3 is 0 Å². The van der Waals surface area contributed by atoms with Crippen LogP contribution in [0.2, 0.25) is 5.02 Å². The molecule has 1 amide bonds. The van der Waals surface area contributed by atoms with E-state index in [1.54, 1.807) is 6.07 Å². The van der Waals surface area contributed by atoms with Crippen LogP contribution in [0.3, 0.4) is 0 Å². The van der Waals surface area contributed by atoms with Crippen molar-refractivity contribution in [2.75, 3.05) is 7.05 Å². The molecular weight excluding hydrogens is 324 g/mol. The Morgan fingerprint density at radius 2 is 1.96 bits per heavy atom. The van der Waals surface area contributed by atoms with Crippen molar-refractivity contribution in [2.24, 2.45) is 0 Å². The first-order valence-corrected chi connectivity index (χ1v) is 9.24. The molecule has 4 nitrogen and oxygen atoms in total. The molecule has 3 aliphatic rings. The Hall–Kier alpha value is -1.26. The van der Waals surface area contributed by atoms with Crippen molar-refractivity contribution >= 4 is 17.5 Å². The van der Waals surface area contributed by atoms with Crippen LogP contribution in [0.4, 0.5) is 0 Å². The van der Waals surface area contributed by atoms with Gasteiger partial charge in [0.2, 0.25) is 0 Å². The van der Waals surface area contributed by atoms with Crippen LogP contribution >= 0.6 is 11.6 Å².